The van der Waals surface area contributed by atoms with Crippen molar-refractivity contribution in [3.05, 3.63) is 65.2 Å². The van der Waals surface area contributed by atoms with E-state index in [9.17, 15) is 14.4 Å². The Hall–Kier alpha value is -3.15. The molecule has 3 rings (SSSR count). The Morgan fingerprint density at radius 3 is 2.38 bits per heavy atom. The lowest BCUT2D eigenvalue weighted by molar-refractivity contribution is -0.143. The Bertz CT molecular complexity index is 889. The van der Waals surface area contributed by atoms with Crippen LogP contribution >= 0.6 is 0 Å². The molecule has 1 fully saturated rings. The number of likely N-dealkylation sites (tertiary alicyclic amines) is 1. The van der Waals surface area contributed by atoms with E-state index in [4.69, 9.17) is 4.74 Å². The van der Waals surface area contributed by atoms with Gasteiger partial charge in [-0.25, -0.2) is 4.79 Å². The molecule has 0 spiro atoms. The number of hydrogen-bond acceptors (Lipinski definition) is 5. The fourth-order valence-corrected chi connectivity index (χ4v) is 3.39. The second kappa shape index (κ2) is 9.37. The quantitative estimate of drug-likeness (QED) is 0.574. The SMILES string of the molecule is CCOC(=O)C(C)Nc1ccc(C(=O)c2ccccc2)cc1C(=O)N1CCCC1. The first-order valence-corrected chi connectivity index (χ1v) is 9.97. The predicted octanol–water partition coefficient (Wildman–Crippen LogP) is 3.52. The summed E-state index contributed by atoms with van der Waals surface area (Å²) >= 11 is 0. The molecule has 2 aromatic rings. The Labute approximate surface area is 170 Å². The average Bonchev–Trinajstić information content (AvgIpc) is 3.28. The molecule has 0 aromatic heterocycles. The summed E-state index contributed by atoms with van der Waals surface area (Å²) in [6.07, 6.45) is 1.94. The van der Waals surface area contributed by atoms with Crippen molar-refractivity contribution in [3.8, 4) is 0 Å². The summed E-state index contributed by atoms with van der Waals surface area (Å²) in [5, 5.41) is 3.07. The fraction of sp³-hybridized carbons (Fsp3) is 0.348. The van der Waals surface area contributed by atoms with Gasteiger partial charge in [-0.2, -0.15) is 0 Å². The number of carbonyl (C=O) groups excluding carboxylic acids is 3. The van der Waals surface area contributed by atoms with Gasteiger partial charge in [0, 0.05) is 29.9 Å². The van der Waals surface area contributed by atoms with Crippen molar-refractivity contribution < 1.29 is 19.1 Å². The smallest absolute Gasteiger partial charge is 0.328 e. The summed E-state index contributed by atoms with van der Waals surface area (Å²) in [6.45, 7) is 5.11. The number of amides is 1. The molecule has 1 saturated heterocycles. The molecular weight excluding hydrogens is 368 g/mol. The van der Waals surface area contributed by atoms with E-state index in [1.165, 1.54) is 0 Å². The number of ketones is 1. The molecule has 29 heavy (non-hydrogen) atoms. The van der Waals surface area contributed by atoms with Crippen LogP contribution in [-0.4, -0.2) is 48.3 Å². The van der Waals surface area contributed by atoms with E-state index in [0.717, 1.165) is 12.8 Å². The molecule has 1 heterocycles. The summed E-state index contributed by atoms with van der Waals surface area (Å²) in [5.41, 5.74) is 1.91. The van der Waals surface area contributed by atoms with Crippen molar-refractivity contribution in [1.29, 1.82) is 0 Å². The van der Waals surface area contributed by atoms with Crippen LogP contribution in [0, 0.1) is 0 Å². The molecule has 0 bridgehead atoms. The number of ether oxygens (including phenoxy) is 1. The molecule has 0 radical (unpaired) electrons. The van der Waals surface area contributed by atoms with Crippen LogP contribution in [0.2, 0.25) is 0 Å². The summed E-state index contributed by atoms with van der Waals surface area (Å²) < 4.78 is 5.04. The molecule has 1 aliphatic heterocycles. The summed E-state index contributed by atoms with van der Waals surface area (Å²) in [6, 6.07) is 13.3. The highest BCUT2D eigenvalue weighted by atomic mass is 16.5. The summed E-state index contributed by atoms with van der Waals surface area (Å²) in [7, 11) is 0. The molecule has 1 atom stereocenters. The maximum absolute atomic E-state index is 13.1. The van der Waals surface area contributed by atoms with E-state index < -0.39 is 12.0 Å². The number of esters is 1. The number of nitrogens with zero attached hydrogens (tertiary/aromatic N) is 1. The third-order valence-corrected chi connectivity index (χ3v) is 4.95. The van der Waals surface area contributed by atoms with Crippen molar-refractivity contribution in [1.82, 2.24) is 4.90 Å². The molecule has 1 N–H and O–H groups in total. The highest BCUT2D eigenvalue weighted by molar-refractivity contribution is 6.11. The summed E-state index contributed by atoms with van der Waals surface area (Å²) in [5.74, 6) is -0.675. The van der Waals surface area contributed by atoms with Gasteiger partial charge in [0.05, 0.1) is 12.2 Å². The topological polar surface area (TPSA) is 75.7 Å². The van der Waals surface area contributed by atoms with Crippen LogP contribution < -0.4 is 5.32 Å². The van der Waals surface area contributed by atoms with E-state index in [1.54, 1.807) is 61.2 Å². The van der Waals surface area contributed by atoms with E-state index in [1.807, 2.05) is 6.07 Å². The lowest BCUT2D eigenvalue weighted by Crippen LogP contribution is -2.32. The fourth-order valence-electron chi connectivity index (χ4n) is 3.39. The van der Waals surface area contributed by atoms with Gasteiger partial charge in [0.1, 0.15) is 6.04 Å². The van der Waals surface area contributed by atoms with Crippen LogP contribution in [-0.2, 0) is 9.53 Å². The van der Waals surface area contributed by atoms with Gasteiger partial charge in [-0.05, 0) is 44.9 Å². The van der Waals surface area contributed by atoms with Crippen LogP contribution in [0.4, 0.5) is 5.69 Å². The van der Waals surface area contributed by atoms with Gasteiger partial charge in [0.25, 0.3) is 5.91 Å². The minimum absolute atomic E-state index is 0.135. The molecule has 2 aromatic carbocycles. The first kappa shape index (κ1) is 20.6. The predicted molar refractivity (Wildman–Crippen MR) is 111 cm³/mol. The van der Waals surface area contributed by atoms with Gasteiger partial charge in [-0.15, -0.1) is 0 Å². The van der Waals surface area contributed by atoms with E-state index >= 15 is 0 Å². The minimum atomic E-state index is -0.615. The molecule has 1 unspecified atom stereocenters. The van der Waals surface area contributed by atoms with Gasteiger partial charge in [0.15, 0.2) is 5.78 Å². The maximum Gasteiger partial charge on any atom is 0.328 e. The zero-order valence-corrected chi connectivity index (χ0v) is 16.8. The highest BCUT2D eigenvalue weighted by Crippen LogP contribution is 2.24. The van der Waals surface area contributed by atoms with Gasteiger partial charge in [-0.1, -0.05) is 30.3 Å². The minimum Gasteiger partial charge on any atom is -0.464 e. The van der Waals surface area contributed by atoms with Gasteiger partial charge >= 0.3 is 5.97 Å². The van der Waals surface area contributed by atoms with Crippen molar-refractivity contribution in [3.63, 3.8) is 0 Å². The van der Waals surface area contributed by atoms with Crippen LogP contribution in [0.1, 0.15) is 53.0 Å². The van der Waals surface area contributed by atoms with Gasteiger partial charge < -0.3 is 15.0 Å². The van der Waals surface area contributed by atoms with Gasteiger partial charge in [0.2, 0.25) is 0 Å². The van der Waals surface area contributed by atoms with Crippen molar-refractivity contribution >= 4 is 23.3 Å². The normalized spacial score (nSPS) is 14.3. The Morgan fingerprint density at radius 2 is 1.72 bits per heavy atom. The first-order chi connectivity index (χ1) is 14.0. The van der Waals surface area contributed by atoms with E-state index in [2.05, 4.69) is 5.32 Å². The zero-order chi connectivity index (χ0) is 20.8. The zero-order valence-electron chi connectivity index (χ0n) is 16.8. The number of rotatable bonds is 7. The molecular formula is C23H26N2O4. The third-order valence-electron chi connectivity index (χ3n) is 4.95. The molecule has 6 heteroatoms. The van der Waals surface area contributed by atoms with Crippen molar-refractivity contribution in [2.45, 2.75) is 32.7 Å². The molecule has 1 aliphatic rings. The van der Waals surface area contributed by atoms with Crippen molar-refractivity contribution in [2.24, 2.45) is 0 Å². The lowest BCUT2D eigenvalue weighted by atomic mass is 9.99. The average molecular weight is 394 g/mol. The lowest BCUT2D eigenvalue weighted by Gasteiger charge is -2.21. The molecule has 0 saturated carbocycles. The molecule has 6 nitrogen and oxygen atoms in total. The second-order valence-electron chi connectivity index (χ2n) is 7.07. The Balaban J connectivity index is 1.93. The number of hydrogen-bond donors (Lipinski definition) is 1. The number of benzene rings is 2. The van der Waals surface area contributed by atoms with Crippen LogP contribution in [0.5, 0.6) is 0 Å². The Morgan fingerprint density at radius 1 is 1.03 bits per heavy atom. The third kappa shape index (κ3) is 4.83. The maximum atomic E-state index is 13.1. The number of nitrogens with one attached hydrogen (secondary N) is 1. The second-order valence-corrected chi connectivity index (χ2v) is 7.07. The standard InChI is InChI=1S/C23H26N2O4/c1-3-29-23(28)16(2)24-20-12-11-18(21(26)17-9-5-4-6-10-17)15-19(20)22(27)25-13-7-8-14-25/h4-6,9-12,15-16,24H,3,7-8,13-14H2,1-2H3. The summed E-state index contributed by atoms with van der Waals surface area (Å²) in [4.78, 5) is 39.8. The van der Waals surface area contributed by atoms with Crippen LogP contribution in [0.25, 0.3) is 0 Å². The molecule has 152 valence electrons. The Kier molecular flexibility index (Phi) is 6.65. The highest BCUT2D eigenvalue weighted by Gasteiger charge is 2.25. The van der Waals surface area contributed by atoms with Crippen LogP contribution in [0.15, 0.2) is 48.5 Å². The van der Waals surface area contributed by atoms with Crippen LogP contribution in [0.3, 0.4) is 0 Å². The molecule has 1 amide bonds. The van der Waals surface area contributed by atoms with Crippen molar-refractivity contribution in [2.75, 3.05) is 25.0 Å². The monoisotopic (exact) mass is 394 g/mol. The van der Waals surface area contributed by atoms with Gasteiger partial charge in [-0.3, -0.25) is 9.59 Å². The number of anilines is 1. The molecule has 0 aliphatic carbocycles. The van der Waals surface area contributed by atoms with E-state index in [-0.39, 0.29) is 18.3 Å². The first-order valence-electron chi connectivity index (χ1n) is 9.97. The van der Waals surface area contributed by atoms with E-state index in [0.29, 0.717) is 35.5 Å². The number of carbonyl (C=O) groups is 3. The largest absolute Gasteiger partial charge is 0.464 e.